The summed E-state index contributed by atoms with van der Waals surface area (Å²) in [5, 5.41) is 8.93. The zero-order valence-electron chi connectivity index (χ0n) is 12.1. The largest absolute Gasteiger partial charge is 0.480 e. The number of carboxylic acids is 1. The SMILES string of the molecule is CCCN(CC(=O)O)C(=O)C1(Cc2ccccc2F)CC1. The Morgan fingerprint density at radius 2 is 2.00 bits per heavy atom. The van der Waals surface area contributed by atoms with E-state index in [1.165, 1.54) is 11.0 Å². The molecular formula is C16H20FNO3. The van der Waals surface area contributed by atoms with Gasteiger partial charge in [-0.25, -0.2) is 4.39 Å². The molecule has 0 bridgehead atoms. The van der Waals surface area contributed by atoms with Crippen molar-refractivity contribution >= 4 is 11.9 Å². The summed E-state index contributed by atoms with van der Waals surface area (Å²) in [5.41, 5.74) is -0.0811. The number of nitrogens with zero attached hydrogens (tertiary/aromatic N) is 1. The zero-order valence-corrected chi connectivity index (χ0v) is 12.1. The van der Waals surface area contributed by atoms with Crippen LogP contribution >= 0.6 is 0 Å². The number of benzene rings is 1. The fourth-order valence-electron chi connectivity index (χ4n) is 2.64. The Kier molecular flexibility index (Phi) is 4.60. The summed E-state index contributed by atoms with van der Waals surface area (Å²) in [7, 11) is 0. The molecule has 1 aliphatic carbocycles. The second-order valence-electron chi connectivity index (χ2n) is 5.67. The van der Waals surface area contributed by atoms with Gasteiger partial charge in [-0.15, -0.1) is 0 Å². The topological polar surface area (TPSA) is 57.6 Å². The number of amides is 1. The molecule has 1 aliphatic rings. The molecule has 5 heteroatoms. The normalized spacial score (nSPS) is 15.5. The maximum atomic E-state index is 13.8. The summed E-state index contributed by atoms with van der Waals surface area (Å²) < 4.78 is 13.8. The highest BCUT2D eigenvalue weighted by Crippen LogP contribution is 2.50. The number of aliphatic carboxylic acids is 1. The molecule has 21 heavy (non-hydrogen) atoms. The molecule has 1 aromatic rings. The summed E-state index contributed by atoms with van der Waals surface area (Å²) in [4.78, 5) is 24.9. The minimum absolute atomic E-state index is 0.157. The van der Waals surface area contributed by atoms with E-state index in [2.05, 4.69) is 0 Å². The van der Waals surface area contributed by atoms with Crippen LogP contribution < -0.4 is 0 Å². The molecule has 1 aromatic carbocycles. The van der Waals surface area contributed by atoms with E-state index in [1.54, 1.807) is 18.2 Å². The summed E-state index contributed by atoms with van der Waals surface area (Å²) in [6, 6.07) is 6.44. The second-order valence-corrected chi connectivity index (χ2v) is 5.67. The van der Waals surface area contributed by atoms with Crippen LogP contribution in [0.15, 0.2) is 24.3 Å². The summed E-state index contributed by atoms with van der Waals surface area (Å²) in [6.45, 7) is 2.04. The molecule has 4 nitrogen and oxygen atoms in total. The highest BCUT2D eigenvalue weighted by Gasteiger charge is 2.51. The molecule has 114 valence electrons. The lowest BCUT2D eigenvalue weighted by Crippen LogP contribution is -2.41. The third-order valence-corrected chi connectivity index (χ3v) is 3.90. The summed E-state index contributed by atoms with van der Waals surface area (Å²) >= 11 is 0. The number of carbonyl (C=O) groups excluding carboxylic acids is 1. The maximum absolute atomic E-state index is 13.8. The predicted octanol–water partition coefficient (Wildman–Crippen LogP) is 2.47. The smallest absolute Gasteiger partial charge is 0.323 e. The third-order valence-electron chi connectivity index (χ3n) is 3.90. The van der Waals surface area contributed by atoms with Gasteiger partial charge in [-0.3, -0.25) is 9.59 Å². The van der Waals surface area contributed by atoms with Gasteiger partial charge in [0.2, 0.25) is 5.91 Å². The average molecular weight is 293 g/mol. The molecular weight excluding hydrogens is 273 g/mol. The van der Waals surface area contributed by atoms with Crippen molar-refractivity contribution in [3.8, 4) is 0 Å². The van der Waals surface area contributed by atoms with Gasteiger partial charge in [-0.1, -0.05) is 25.1 Å². The number of halogens is 1. The molecule has 2 rings (SSSR count). The molecule has 0 heterocycles. The minimum Gasteiger partial charge on any atom is -0.480 e. The first-order valence-corrected chi connectivity index (χ1v) is 7.23. The molecule has 1 fully saturated rings. The van der Waals surface area contributed by atoms with Gasteiger partial charge in [-0.2, -0.15) is 0 Å². The van der Waals surface area contributed by atoms with Crippen LogP contribution in [-0.2, 0) is 16.0 Å². The Bertz CT molecular complexity index is 540. The van der Waals surface area contributed by atoms with Crippen LogP contribution in [0.2, 0.25) is 0 Å². The van der Waals surface area contributed by atoms with E-state index in [-0.39, 0.29) is 18.3 Å². The number of hydrogen-bond donors (Lipinski definition) is 1. The lowest BCUT2D eigenvalue weighted by atomic mass is 9.94. The van der Waals surface area contributed by atoms with Crippen molar-refractivity contribution in [3.63, 3.8) is 0 Å². The van der Waals surface area contributed by atoms with Crippen molar-refractivity contribution in [2.45, 2.75) is 32.6 Å². The monoisotopic (exact) mass is 293 g/mol. The first-order chi connectivity index (χ1) is 9.98. The van der Waals surface area contributed by atoms with E-state index < -0.39 is 11.4 Å². The first-order valence-electron chi connectivity index (χ1n) is 7.23. The van der Waals surface area contributed by atoms with Gasteiger partial charge in [0.25, 0.3) is 0 Å². The van der Waals surface area contributed by atoms with Crippen LogP contribution in [-0.4, -0.2) is 35.0 Å². The van der Waals surface area contributed by atoms with E-state index in [0.29, 0.717) is 37.8 Å². The Balaban J connectivity index is 2.13. The lowest BCUT2D eigenvalue weighted by Gasteiger charge is -2.25. The van der Waals surface area contributed by atoms with Crippen molar-refractivity contribution in [2.24, 2.45) is 5.41 Å². The number of rotatable bonds is 7. The van der Waals surface area contributed by atoms with Crippen molar-refractivity contribution < 1.29 is 19.1 Å². The molecule has 0 radical (unpaired) electrons. The van der Waals surface area contributed by atoms with Crippen LogP contribution in [0, 0.1) is 11.2 Å². The second kappa shape index (κ2) is 6.24. The summed E-state index contributed by atoms with van der Waals surface area (Å²) in [6.07, 6.45) is 2.44. The molecule has 0 atom stereocenters. The highest BCUT2D eigenvalue weighted by molar-refractivity contribution is 5.88. The Morgan fingerprint density at radius 3 is 2.52 bits per heavy atom. The van der Waals surface area contributed by atoms with Crippen LogP contribution in [0.5, 0.6) is 0 Å². The molecule has 1 amide bonds. The van der Waals surface area contributed by atoms with Gasteiger partial charge >= 0.3 is 5.97 Å². The fourth-order valence-corrected chi connectivity index (χ4v) is 2.64. The van der Waals surface area contributed by atoms with Crippen LogP contribution in [0.25, 0.3) is 0 Å². The molecule has 1 saturated carbocycles. The number of carbonyl (C=O) groups is 2. The predicted molar refractivity (Wildman–Crippen MR) is 76.3 cm³/mol. The quantitative estimate of drug-likeness (QED) is 0.840. The molecule has 0 unspecified atom stereocenters. The zero-order chi connectivity index (χ0) is 15.5. The molecule has 0 saturated heterocycles. The van der Waals surface area contributed by atoms with E-state index in [0.717, 1.165) is 0 Å². The highest BCUT2D eigenvalue weighted by atomic mass is 19.1. The Labute approximate surface area is 123 Å². The summed E-state index contributed by atoms with van der Waals surface area (Å²) in [5.74, 6) is -1.48. The van der Waals surface area contributed by atoms with Gasteiger partial charge in [0.1, 0.15) is 12.4 Å². The van der Waals surface area contributed by atoms with E-state index in [1.807, 2.05) is 6.92 Å². The van der Waals surface area contributed by atoms with Gasteiger partial charge < -0.3 is 10.0 Å². The lowest BCUT2D eigenvalue weighted by molar-refractivity contribution is -0.147. The third kappa shape index (κ3) is 3.60. The fraction of sp³-hybridized carbons (Fsp3) is 0.500. The van der Waals surface area contributed by atoms with Crippen LogP contribution in [0.3, 0.4) is 0 Å². The van der Waals surface area contributed by atoms with E-state index in [4.69, 9.17) is 5.11 Å². The standard InChI is InChI=1S/C16H20FNO3/c1-2-9-18(11-14(19)20)15(21)16(7-8-16)10-12-5-3-4-6-13(12)17/h3-6H,2,7-11H2,1H3,(H,19,20). The van der Waals surface area contributed by atoms with Crippen LogP contribution in [0.1, 0.15) is 31.7 Å². The van der Waals surface area contributed by atoms with Crippen molar-refractivity contribution in [3.05, 3.63) is 35.6 Å². The van der Waals surface area contributed by atoms with Crippen molar-refractivity contribution in [2.75, 3.05) is 13.1 Å². The van der Waals surface area contributed by atoms with Gasteiger partial charge in [0.05, 0.1) is 5.41 Å². The molecule has 0 aromatic heterocycles. The number of carboxylic acid groups (broad SMARTS) is 1. The maximum Gasteiger partial charge on any atom is 0.323 e. The molecule has 0 spiro atoms. The number of hydrogen-bond acceptors (Lipinski definition) is 2. The molecule has 1 N–H and O–H groups in total. The Morgan fingerprint density at radius 1 is 1.33 bits per heavy atom. The van der Waals surface area contributed by atoms with E-state index >= 15 is 0 Å². The van der Waals surface area contributed by atoms with Gasteiger partial charge in [0.15, 0.2) is 0 Å². The van der Waals surface area contributed by atoms with Gasteiger partial charge in [-0.05, 0) is 37.3 Å². The minimum atomic E-state index is -1.02. The Hall–Kier alpha value is -1.91. The molecule has 0 aliphatic heterocycles. The van der Waals surface area contributed by atoms with Crippen LogP contribution in [0.4, 0.5) is 4.39 Å². The first kappa shape index (κ1) is 15.5. The van der Waals surface area contributed by atoms with E-state index in [9.17, 15) is 14.0 Å². The van der Waals surface area contributed by atoms with Gasteiger partial charge in [0, 0.05) is 6.54 Å². The van der Waals surface area contributed by atoms with Crippen molar-refractivity contribution in [1.29, 1.82) is 0 Å². The average Bonchev–Trinajstić information content (AvgIpc) is 3.21. The van der Waals surface area contributed by atoms with Crippen molar-refractivity contribution in [1.82, 2.24) is 4.90 Å².